The van der Waals surface area contributed by atoms with Crippen LogP contribution in [0.5, 0.6) is 0 Å². The molecule has 14 heteroatoms. The molecule has 3 unspecified atom stereocenters. The number of carbonyl (C=O) groups excluding carboxylic acids is 6. The van der Waals surface area contributed by atoms with Crippen molar-refractivity contribution in [3.8, 4) is 0 Å². The zero-order valence-corrected chi connectivity index (χ0v) is 31.6. The Morgan fingerprint density at radius 3 is 2.13 bits per heavy atom. The van der Waals surface area contributed by atoms with Gasteiger partial charge in [0, 0.05) is 17.9 Å². The molecule has 1 fully saturated rings. The smallest absolute Gasteiger partial charge is 0.320 e. The average molecular weight is 725 g/mol. The van der Waals surface area contributed by atoms with Crippen LogP contribution in [0.4, 0.5) is 0 Å². The second-order valence-corrected chi connectivity index (χ2v) is 15.1. The summed E-state index contributed by atoms with van der Waals surface area (Å²) in [6.45, 7) is 9.44. The van der Waals surface area contributed by atoms with Gasteiger partial charge in [-0.15, -0.1) is 0 Å². The standard InChI is InChI=1S/C38H56N6O8/c1-24(2)13-14-29(35(48)38(5)15-16-38)41-37(50)31(18-26-11-9-8-10-12-26)42-36(49)30(17-25(3)4)40-33(46)21-39-32(45)20-27-19-28(52-43-27)23-51-34(47)22-44(6)7/h8-12,19,24-25,29-31H,13-18,20-23H2,1-7H3,(H,39,45)(H,40,46)(H,41,50)(H,42,49). The zero-order valence-electron chi connectivity index (χ0n) is 31.6. The molecule has 14 nitrogen and oxygen atoms in total. The molecule has 0 aliphatic heterocycles. The van der Waals surface area contributed by atoms with Crippen LogP contribution >= 0.6 is 0 Å². The zero-order chi connectivity index (χ0) is 38.4. The highest BCUT2D eigenvalue weighted by atomic mass is 16.5. The Labute approximate surface area is 306 Å². The largest absolute Gasteiger partial charge is 0.456 e. The van der Waals surface area contributed by atoms with Crippen molar-refractivity contribution in [2.45, 2.75) is 104 Å². The first-order valence-corrected chi connectivity index (χ1v) is 18.0. The minimum absolute atomic E-state index is 0.00729. The van der Waals surface area contributed by atoms with Gasteiger partial charge in [0.1, 0.15) is 12.1 Å². The molecule has 3 rings (SSSR count). The fraction of sp³-hybridized carbons (Fsp3) is 0.605. The van der Waals surface area contributed by atoms with E-state index in [2.05, 4.69) is 40.3 Å². The number of benzene rings is 1. The summed E-state index contributed by atoms with van der Waals surface area (Å²) in [5.41, 5.74) is 0.671. The molecular formula is C38H56N6O8. The number of amides is 4. The second kappa shape index (κ2) is 19.9. The monoisotopic (exact) mass is 724 g/mol. The fourth-order valence-corrected chi connectivity index (χ4v) is 5.54. The van der Waals surface area contributed by atoms with E-state index in [-0.39, 0.29) is 55.6 Å². The van der Waals surface area contributed by atoms with Gasteiger partial charge in [0.2, 0.25) is 23.6 Å². The highest BCUT2D eigenvalue weighted by Gasteiger charge is 2.48. The van der Waals surface area contributed by atoms with Gasteiger partial charge in [0.15, 0.2) is 18.2 Å². The third-order valence-electron chi connectivity index (χ3n) is 8.75. The number of hydrogen-bond acceptors (Lipinski definition) is 10. The van der Waals surface area contributed by atoms with Crippen molar-refractivity contribution in [2.24, 2.45) is 17.3 Å². The van der Waals surface area contributed by atoms with E-state index in [1.165, 1.54) is 6.07 Å². The van der Waals surface area contributed by atoms with Crippen LogP contribution in [0, 0.1) is 17.3 Å². The van der Waals surface area contributed by atoms with Crippen molar-refractivity contribution in [1.29, 1.82) is 0 Å². The van der Waals surface area contributed by atoms with E-state index < -0.39 is 59.7 Å². The minimum atomic E-state index is -1.01. The molecule has 0 radical (unpaired) electrons. The van der Waals surface area contributed by atoms with E-state index in [1.54, 1.807) is 19.0 Å². The Hall–Kier alpha value is -4.59. The number of ether oxygens (including phenoxy) is 1. The Kier molecular flexibility index (Phi) is 16.0. The van der Waals surface area contributed by atoms with Crippen molar-refractivity contribution < 1.29 is 38.0 Å². The van der Waals surface area contributed by atoms with Crippen LogP contribution in [-0.2, 0) is 53.0 Å². The molecule has 2 aromatic rings. The fourth-order valence-electron chi connectivity index (χ4n) is 5.54. The van der Waals surface area contributed by atoms with Crippen LogP contribution in [0.3, 0.4) is 0 Å². The number of Topliss-reactive ketones (excluding diaryl/α,β-unsaturated/α-hetero) is 1. The van der Waals surface area contributed by atoms with E-state index in [1.807, 2.05) is 51.1 Å². The molecule has 1 aliphatic rings. The number of carbonyl (C=O) groups is 6. The molecule has 3 atom stereocenters. The third kappa shape index (κ3) is 14.6. The van der Waals surface area contributed by atoms with Crippen LogP contribution < -0.4 is 21.3 Å². The van der Waals surface area contributed by atoms with Gasteiger partial charge in [-0.2, -0.15) is 0 Å². The van der Waals surface area contributed by atoms with E-state index in [0.717, 1.165) is 24.8 Å². The summed E-state index contributed by atoms with van der Waals surface area (Å²) in [7, 11) is 3.47. The Morgan fingerprint density at radius 2 is 1.52 bits per heavy atom. The Bertz CT molecular complexity index is 1520. The number of ketones is 1. The Balaban J connectivity index is 1.62. The van der Waals surface area contributed by atoms with E-state index in [4.69, 9.17) is 9.26 Å². The summed E-state index contributed by atoms with van der Waals surface area (Å²) in [6.07, 6.45) is 3.12. The highest BCUT2D eigenvalue weighted by molar-refractivity contribution is 5.97. The number of nitrogens with zero attached hydrogens (tertiary/aromatic N) is 2. The number of esters is 1. The minimum Gasteiger partial charge on any atom is -0.456 e. The lowest BCUT2D eigenvalue weighted by molar-refractivity contribution is -0.146. The molecule has 0 bridgehead atoms. The molecule has 1 aromatic heterocycles. The number of aromatic nitrogens is 1. The van der Waals surface area contributed by atoms with Crippen LogP contribution in [0.1, 0.15) is 83.7 Å². The lowest BCUT2D eigenvalue weighted by Gasteiger charge is -2.27. The molecule has 0 spiro atoms. The van der Waals surface area contributed by atoms with Crippen LogP contribution in [-0.4, -0.2) is 90.7 Å². The maximum absolute atomic E-state index is 13.8. The van der Waals surface area contributed by atoms with Crippen LogP contribution in [0.2, 0.25) is 0 Å². The van der Waals surface area contributed by atoms with Gasteiger partial charge < -0.3 is 30.5 Å². The summed E-state index contributed by atoms with van der Waals surface area (Å²) in [6, 6.07) is 8.08. The quantitative estimate of drug-likeness (QED) is 0.131. The predicted molar refractivity (Wildman–Crippen MR) is 193 cm³/mol. The lowest BCUT2D eigenvalue weighted by Crippen LogP contribution is -2.57. The second-order valence-electron chi connectivity index (χ2n) is 15.1. The molecule has 1 saturated carbocycles. The number of likely N-dealkylation sites (N-methyl/N-ethyl adjacent to an activating group) is 1. The van der Waals surface area contributed by atoms with E-state index in [0.29, 0.717) is 12.3 Å². The molecule has 52 heavy (non-hydrogen) atoms. The van der Waals surface area contributed by atoms with Gasteiger partial charge in [0.05, 0.1) is 31.2 Å². The SMILES string of the molecule is CC(C)CCC(NC(=O)C(Cc1ccccc1)NC(=O)C(CC(C)C)NC(=O)CNC(=O)Cc1cc(COC(=O)CN(C)C)on1)C(=O)C1(C)CC1. The molecule has 1 aromatic carbocycles. The first kappa shape index (κ1) is 41.8. The molecule has 4 N–H and O–H groups in total. The van der Waals surface area contributed by atoms with Gasteiger partial charge in [-0.05, 0) is 63.6 Å². The topological polar surface area (TPSA) is 189 Å². The van der Waals surface area contributed by atoms with Crippen molar-refractivity contribution in [2.75, 3.05) is 27.2 Å². The third-order valence-corrected chi connectivity index (χ3v) is 8.75. The van der Waals surface area contributed by atoms with Crippen molar-refractivity contribution in [3.05, 3.63) is 53.4 Å². The highest BCUT2D eigenvalue weighted by Crippen LogP contribution is 2.47. The molecule has 0 saturated heterocycles. The van der Waals surface area contributed by atoms with E-state index >= 15 is 0 Å². The maximum atomic E-state index is 13.8. The predicted octanol–water partition coefficient (Wildman–Crippen LogP) is 2.49. The van der Waals surface area contributed by atoms with Crippen LogP contribution in [0.15, 0.2) is 40.9 Å². The maximum Gasteiger partial charge on any atom is 0.320 e. The van der Waals surface area contributed by atoms with Gasteiger partial charge >= 0.3 is 5.97 Å². The van der Waals surface area contributed by atoms with Gasteiger partial charge in [-0.1, -0.05) is 70.1 Å². The summed E-state index contributed by atoms with van der Waals surface area (Å²) in [4.78, 5) is 80.0. The first-order chi connectivity index (χ1) is 24.5. The van der Waals surface area contributed by atoms with Gasteiger partial charge in [-0.3, -0.25) is 33.7 Å². The van der Waals surface area contributed by atoms with Crippen molar-refractivity contribution >= 4 is 35.4 Å². The van der Waals surface area contributed by atoms with Gasteiger partial charge in [0.25, 0.3) is 0 Å². The van der Waals surface area contributed by atoms with Crippen molar-refractivity contribution in [3.63, 3.8) is 0 Å². The number of rotatable bonds is 22. The van der Waals surface area contributed by atoms with Crippen molar-refractivity contribution in [1.82, 2.24) is 31.3 Å². The summed E-state index contributed by atoms with van der Waals surface area (Å²) < 4.78 is 10.2. The summed E-state index contributed by atoms with van der Waals surface area (Å²) in [5, 5.41) is 14.9. The Morgan fingerprint density at radius 1 is 0.865 bits per heavy atom. The molecule has 286 valence electrons. The summed E-state index contributed by atoms with van der Waals surface area (Å²) >= 11 is 0. The average Bonchev–Trinajstić information content (AvgIpc) is 3.67. The molecule has 1 heterocycles. The first-order valence-electron chi connectivity index (χ1n) is 18.0. The van der Waals surface area contributed by atoms with Crippen LogP contribution in [0.25, 0.3) is 0 Å². The molecule has 4 amide bonds. The number of hydrogen-bond donors (Lipinski definition) is 4. The van der Waals surface area contributed by atoms with E-state index in [9.17, 15) is 28.8 Å². The lowest BCUT2D eigenvalue weighted by atomic mass is 9.91. The van der Waals surface area contributed by atoms with Gasteiger partial charge in [-0.25, -0.2) is 0 Å². The molecule has 1 aliphatic carbocycles. The molecular weight excluding hydrogens is 668 g/mol. The summed E-state index contributed by atoms with van der Waals surface area (Å²) in [5.74, 6) is -1.92. The number of nitrogens with one attached hydrogen (secondary N) is 4. The normalized spacial score (nSPS) is 15.0.